The van der Waals surface area contributed by atoms with E-state index in [0.29, 0.717) is 23.8 Å². The molecule has 1 aliphatic heterocycles. The van der Waals surface area contributed by atoms with Crippen molar-refractivity contribution in [2.45, 2.75) is 30.8 Å². The van der Waals surface area contributed by atoms with Crippen LogP contribution in [0.5, 0.6) is 0 Å². The predicted molar refractivity (Wildman–Crippen MR) is 73.9 cm³/mol. The van der Waals surface area contributed by atoms with Gasteiger partial charge in [-0.2, -0.15) is 0 Å². The van der Waals surface area contributed by atoms with Crippen LogP contribution < -0.4 is 5.32 Å². The standard InChI is InChI=1S/C14H16N2O3S/c1-10-8-16-14(19-10)9-15-12-6-7-20(17,18)13-5-3-2-4-11(12)13/h2-5,8,12,15H,6-7,9H2,1H3. The van der Waals surface area contributed by atoms with E-state index in [0.717, 1.165) is 11.3 Å². The summed E-state index contributed by atoms with van der Waals surface area (Å²) >= 11 is 0. The van der Waals surface area contributed by atoms with Crippen molar-refractivity contribution in [3.8, 4) is 0 Å². The first kappa shape index (κ1) is 13.3. The highest BCUT2D eigenvalue weighted by Crippen LogP contribution is 2.31. The summed E-state index contributed by atoms with van der Waals surface area (Å²) < 4.78 is 29.5. The van der Waals surface area contributed by atoms with Gasteiger partial charge in [0.25, 0.3) is 0 Å². The van der Waals surface area contributed by atoms with Crippen molar-refractivity contribution in [1.29, 1.82) is 0 Å². The van der Waals surface area contributed by atoms with Gasteiger partial charge in [-0.05, 0) is 25.0 Å². The molecule has 0 amide bonds. The van der Waals surface area contributed by atoms with E-state index in [4.69, 9.17) is 4.42 Å². The minimum atomic E-state index is -3.13. The third-order valence-corrected chi connectivity index (χ3v) is 5.29. The van der Waals surface area contributed by atoms with Crippen molar-refractivity contribution in [2.24, 2.45) is 0 Å². The predicted octanol–water partition coefficient (Wildman–Crippen LogP) is 1.99. The van der Waals surface area contributed by atoms with Crippen LogP contribution in [0.15, 0.2) is 39.8 Å². The molecule has 1 N–H and O–H groups in total. The number of aryl methyl sites for hydroxylation is 1. The Kier molecular flexibility index (Phi) is 3.35. The van der Waals surface area contributed by atoms with Gasteiger partial charge >= 0.3 is 0 Å². The summed E-state index contributed by atoms with van der Waals surface area (Å²) in [5.74, 6) is 1.56. The largest absolute Gasteiger partial charge is 0.445 e. The van der Waals surface area contributed by atoms with Crippen LogP contribution in [0, 0.1) is 6.92 Å². The molecular weight excluding hydrogens is 276 g/mol. The molecule has 1 aromatic heterocycles. The van der Waals surface area contributed by atoms with Gasteiger partial charge in [-0.3, -0.25) is 0 Å². The minimum absolute atomic E-state index is 0.0157. The zero-order chi connectivity index (χ0) is 14.2. The van der Waals surface area contributed by atoms with E-state index in [1.807, 2.05) is 19.1 Å². The monoisotopic (exact) mass is 292 g/mol. The van der Waals surface area contributed by atoms with Gasteiger partial charge in [0.1, 0.15) is 5.76 Å². The van der Waals surface area contributed by atoms with Crippen LogP contribution in [0.3, 0.4) is 0 Å². The van der Waals surface area contributed by atoms with Crippen LogP contribution >= 0.6 is 0 Å². The minimum Gasteiger partial charge on any atom is -0.445 e. The Morgan fingerprint density at radius 3 is 2.95 bits per heavy atom. The van der Waals surface area contributed by atoms with Crippen LogP contribution in [0.4, 0.5) is 0 Å². The lowest BCUT2D eigenvalue weighted by Crippen LogP contribution is -2.29. The number of benzene rings is 1. The summed E-state index contributed by atoms with van der Waals surface area (Å²) in [7, 11) is -3.13. The van der Waals surface area contributed by atoms with Crippen LogP contribution in [-0.4, -0.2) is 19.2 Å². The Morgan fingerprint density at radius 2 is 2.20 bits per heavy atom. The van der Waals surface area contributed by atoms with Crippen molar-refractivity contribution in [2.75, 3.05) is 5.75 Å². The summed E-state index contributed by atoms with van der Waals surface area (Å²) in [4.78, 5) is 4.57. The molecule has 1 aliphatic rings. The molecule has 106 valence electrons. The van der Waals surface area contributed by atoms with Gasteiger partial charge < -0.3 is 9.73 Å². The van der Waals surface area contributed by atoms with Gasteiger partial charge in [-0.25, -0.2) is 13.4 Å². The Labute approximate surface area is 117 Å². The molecule has 2 aromatic rings. The zero-order valence-electron chi connectivity index (χ0n) is 11.2. The number of hydrogen-bond donors (Lipinski definition) is 1. The van der Waals surface area contributed by atoms with E-state index in [1.54, 1.807) is 18.3 Å². The van der Waals surface area contributed by atoms with Crippen molar-refractivity contribution < 1.29 is 12.8 Å². The highest BCUT2D eigenvalue weighted by molar-refractivity contribution is 7.91. The van der Waals surface area contributed by atoms with Crippen LogP contribution in [0.1, 0.15) is 29.7 Å². The number of nitrogens with one attached hydrogen (secondary N) is 1. The summed E-state index contributed by atoms with van der Waals surface area (Å²) in [6.07, 6.45) is 2.25. The Bertz CT molecular complexity index is 722. The second kappa shape index (κ2) is 5.03. The number of aromatic nitrogens is 1. The number of fused-ring (bicyclic) bond motifs is 1. The third kappa shape index (κ3) is 2.48. The first-order chi connectivity index (χ1) is 9.56. The normalized spacial score (nSPS) is 20.6. The van der Waals surface area contributed by atoms with Crippen molar-refractivity contribution >= 4 is 9.84 Å². The first-order valence-electron chi connectivity index (χ1n) is 6.52. The molecule has 0 bridgehead atoms. The van der Waals surface area contributed by atoms with Crippen LogP contribution in [0.2, 0.25) is 0 Å². The van der Waals surface area contributed by atoms with E-state index in [2.05, 4.69) is 10.3 Å². The lowest BCUT2D eigenvalue weighted by atomic mass is 10.0. The summed E-state index contributed by atoms with van der Waals surface area (Å²) in [6.45, 7) is 2.34. The molecule has 0 saturated heterocycles. The van der Waals surface area contributed by atoms with Crippen molar-refractivity contribution in [3.05, 3.63) is 47.7 Å². The van der Waals surface area contributed by atoms with Crippen molar-refractivity contribution in [3.63, 3.8) is 0 Å². The topological polar surface area (TPSA) is 72.2 Å². The fourth-order valence-electron chi connectivity index (χ4n) is 2.50. The molecule has 5 nitrogen and oxygen atoms in total. The van der Waals surface area contributed by atoms with E-state index >= 15 is 0 Å². The molecule has 1 unspecified atom stereocenters. The number of oxazole rings is 1. The molecule has 0 spiro atoms. The third-order valence-electron chi connectivity index (χ3n) is 3.47. The van der Waals surface area contributed by atoms with Gasteiger partial charge in [0.15, 0.2) is 9.84 Å². The van der Waals surface area contributed by atoms with Gasteiger partial charge in [-0.15, -0.1) is 0 Å². The Hall–Kier alpha value is -1.66. The number of sulfone groups is 1. The summed E-state index contributed by atoms with van der Waals surface area (Å²) in [5.41, 5.74) is 0.835. The lowest BCUT2D eigenvalue weighted by Gasteiger charge is -2.25. The van der Waals surface area contributed by atoms with Crippen molar-refractivity contribution in [1.82, 2.24) is 10.3 Å². The van der Waals surface area contributed by atoms with Gasteiger partial charge in [0, 0.05) is 6.04 Å². The molecule has 0 radical (unpaired) electrons. The maximum Gasteiger partial charge on any atom is 0.208 e. The molecule has 1 aromatic carbocycles. The maximum absolute atomic E-state index is 12.0. The van der Waals surface area contributed by atoms with Crippen LogP contribution in [0.25, 0.3) is 0 Å². The van der Waals surface area contributed by atoms with Gasteiger partial charge in [-0.1, -0.05) is 18.2 Å². The Morgan fingerprint density at radius 1 is 1.40 bits per heavy atom. The molecule has 20 heavy (non-hydrogen) atoms. The highest BCUT2D eigenvalue weighted by atomic mass is 32.2. The summed E-state index contributed by atoms with van der Waals surface area (Å²) in [6, 6.07) is 7.18. The first-order valence-corrected chi connectivity index (χ1v) is 8.18. The molecule has 3 rings (SSSR count). The molecule has 0 aliphatic carbocycles. The second-order valence-electron chi connectivity index (χ2n) is 4.94. The summed E-state index contributed by atoms with van der Waals surface area (Å²) in [5, 5.41) is 3.32. The number of nitrogens with zero attached hydrogens (tertiary/aromatic N) is 1. The highest BCUT2D eigenvalue weighted by Gasteiger charge is 2.29. The molecule has 0 saturated carbocycles. The number of hydrogen-bond acceptors (Lipinski definition) is 5. The SMILES string of the molecule is Cc1cnc(CNC2CCS(=O)(=O)c3ccccc32)o1. The molecular formula is C14H16N2O3S. The van der Waals surface area contributed by atoms with Gasteiger partial charge in [0.2, 0.25) is 5.89 Å². The fraction of sp³-hybridized carbons (Fsp3) is 0.357. The molecule has 6 heteroatoms. The average molecular weight is 292 g/mol. The zero-order valence-corrected chi connectivity index (χ0v) is 12.0. The van der Waals surface area contributed by atoms with E-state index < -0.39 is 9.84 Å². The lowest BCUT2D eigenvalue weighted by molar-refractivity contribution is 0.414. The maximum atomic E-state index is 12.0. The molecule has 1 atom stereocenters. The number of rotatable bonds is 3. The average Bonchev–Trinajstić information content (AvgIpc) is 2.84. The van der Waals surface area contributed by atoms with E-state index in [-0.39, 0.29) is 11.8 Å². The second-order valence-corrected chi connectivity index (χ2v) is 7.02. The quantitative estimate of drug-likeness (QED) is 0.936. The molecule has 0 fully saturated rings. The molecule has 2 heterocycles. The van der Waals surface area contributed by atoms with Crippen LogP contribution in [-0.2, 0) is 16.4 Å². The smallest absolute Gasteiger partial charge is 0.208 e. The van der Waals surface area contributed by atoms with E-state index in [9.17, 15) is 8.42 Å². The van der Waals surface area contributed by atoms with E-state index in [1.165, 1.54) is 0 Å². The Balaban J connectivity index is 1.82. The fourth-order valence-corrected chi connectivity index (χ4v) is 4.12. The van der Waals surface area contributed by atoms with Gasteiger partial charge in [0.05, 0.1) is 23.4 Å².